The molecule has 0 fully saturated rings. The Balaban J connectivity index is 2.02. The maximum absolute atomic E-state index is 12.4. The van der Waals surface area contributed by atoms with Crippen LogP contribution < -0.4 is 9.66 Å². The van der Waals surface area contributed by atoms with Crippen LogP contribution >= 0.6 is 34.5 Å². The molecular formula is C13H7Cl2NO4S2. The van der Waals surface area contributed by atoms with Crippen LogP contribution in [-0.2, 0) is 10.0 Å². The number of benzene rings is 2. The molecule has 114 valence electrons. The lowest BCUT2D eigenvalue weighted by Gasteiger charge is -2.09. The monoisotopic (exact) mass is 375 g/mol. The van der Waals surface area contributed by atoms with Crippen LogP contribution in [0, 0.1) is 0 Å². The van der Waals surface area contributed by atoms with Crippen molar-refractivity contribution in [3.63, 3.8) is 0 Å². The SMILES string of the molecule is O=c1oc2ccc(NS(=O)(=O)c3cc(Cl)ccc3Cl)cc2s1. The van der Waals surface area contributed by atoms with Crippen LogP contribution in [0.3, 0.4) is 0 Å². The molecule has 0 aliphatic heterocycles. The topological polar surface area (TPSA) is 76.4 Å². The quantitative estimate of drug-likeness (QED) is 0.751. The Morgan fingerprint density at radius 3 is 2.64 bits per heavy atom. The predicted molar refractivity (Wildman–Crippen MR) is 87.6 cm³/mol. The number of hydrogen-bond donors (Lipinski definition) is 1. The highest BCUT2D eigenvalue weighted by atomic mass is 35.5. The molecule has 0 atom stereocenters. The van der Waals surface area contributed by atoms with E-state index in [9.17, 15) is 13.2 Å². The van der Waals surface area contributed by atoms with Gasteiger partial charge in [0.1, 0.15) is 10.5 Å². The molecule has 1 N–H and O–H groups in total. The fourth-order valence-electron chi connectivity index (χ4n) is 1.83. The van der Waals surface area contributed by atoms with Crippen LogP contribution in [-0.4, -0.2) is 8.42 Å². The van der Waals surface area contributed by atoms with Gasteiger partial charge in [-0.25, -0.2) is 13.2 Å². The molecule has 2 aromatic carbocycles. The molecule has 3 rings (SSSR count). The summed E-state index contributed by atoms with van der Waals surface area (Å²) in [4.78, 5) is 10.6. The van der Waals surface area contributed by atoms with Gasteiger partial charge in [-0.3, -0.25) is 4.72 Å². The highest BCUT2D eigenvalue weighted by molar-refractivity contribution is 7.92. The van der Waals surface area contributed by atoms with Gasteiger partial charge in [-0.05, 0) is 36.4 Å². The average molecular weight is 376 g/mol. The molecule has 5 nitrogen and oxygen atoms in total. The summed E-state index contributed by atoms with van der Waals surface area (Å²) >= 11 is 12.6. The lowest BCUT2D eigenvalue weighted by molar-refractivity contribution is 0.585. The molecule has 0 spiro atoms. The number of fused-ring (bicyclic) bond motifs is 1. The van der Waals surface area contributed by atoms with Gasteiger partial charge in [0.2, 0.25) is 0 Å². The summed E-state index contributed by atoms with van der Waals surface area (Å²) in [5.41, 5.74) is 0.694. The second-order valence-electron chi connectivity index (χ2n) is 4.30. The van der Waals surface area contributed by atoms with Crippen LogP contribution in [0.25, 0.3) is 10.3 Å². The zero-order valence-corrected chi connectivity index (χ0v) is 13.8. The van der Waals surface area contributed by atoms with E-state index in [1.54, 1.807) is 0 Å². The summed E-state index contributed by atoms with van der Waals surface area (Å²) in [6.45, 7) is 0. The standard InChI is InChI=1S/C13H7Cl2NO4S2/c14-7-1-3-9(15)12(5-7)22(18,19)16-8-2-4-10-11(6-8)21-13(17)20-10/h1-6,16H. The lowest BCUT2D eigenvalue weighted by atomic mass is 10.3. The molecule has 0 unspecified atom stereocenters. The highest BCUT2D eigenvalue weighted by Crippen LogP contribution is 2.28. The van der Waals surface area contributed by atoms with Crippen molar-refractivity contribution in [2.75, 3.05) is 4.72 Å². The summed E-state index contributed by atoms with van der Waals surface area (Å²) in [6.07, 6.45) is 0. The van der Waals surface area contributed by atoms with Crippen molar-refractivity contribution < 1.29 is 12.8 Å². The van der Waals surface area contributed by atoms with Gasteiger partial charge < -0.3 is 4.42 Å². The molecule has 0 amide bonds. The van der Waals surface area contributed by atoms with E-state index < -0.39 is 15.0 Å². The van der Waals surface area contributed by atoms with Gasteiger partial charge in [-0.2, -0.15) is 0 Å². The van der Waals surface area contributed by atoms with Crippen molar-refractivity contribution in [2.45, 2.75) is 4.90 Å². The van der Waals surface area contributed by atoms with Crippen molar-refractivity contribution in [3.8, 4) is 0 Å². The largest absolute Gasteiger partial charge is 0.414 e. The first-order valence-electron chi connectivity index (χ1n) is 5.87. The van der Waals surface area contributed by atoms with Crippen LogP contribution in [0.2, 0.25) is 10.0 Å². The van der Waals surface area contributed by atoms with E-state index in [1.807, 2.05) is 0 Å². The van der Waals surface area contributed by atoms with Gasteiger partial charge in [0.05, 0.1) is 15.4 Å². The average Bonchev–Trinajstić information content (AvgIpc) is 2.80. The first kappa shape index (κ1) is 15.4. The molecule has 0 aliphatic rings. The van der Waals surface area contributed by atoms with Gasteiger partial charge in [0, 0.05) is 5.02 Å². The molecule has 22 heavy (non-hydrogen) atoms. The van der Waals surface area contributed by atoms with Crippen molar-refractivity contribution in [1.29, 1.82) is 0 Å². The maximum atomic E-state index is 12.4. The Kier molecular flexibility index (Phi) is 3.90. The number of halogens is 2. The van der Waals surface area contributed by atoms with E-state index in [4.69, 9.17) is 27.6 Å². The molecule has 1 aromatic heterocycles. The molecule has 3 aromatic rings. The lowest BCUT2D eigenvalue weighted by Crippen LogP contribution is -2.13. The highest BCUT2D eigenvalue weighted by Gasteiger charge is 2.19. The van der Waals surface area contributed by atoms with Gasteiger partial charge in [0.25, 0.3) is 10.0 Å². The summed E-state index contributed by atoms with van der Waals surface area (Å²) in [5, 5.41) is 0.319. The number of sulfonamides is 1. The van der Waals surface area contributed by atoms with Gasteiger partial charge in [0.15, 0.2) is 0 Å². The minimum atomic E-state index is -3.90. The molecule has 0 aliphatic carbocycles. The summed E-state index contributed by atoms with van der Waals surface area (Å²) < 4.78 is 32.6. The zero-order valence-electron chi connectivity index (χ0n) is 10.7. The Morgan fingerprint density at radius 1 is 1.09 bits per heavy atom. The summed E-state index contributed by atoms with van der Waals surface area (Å²) in [5.74, 6) is 0. The Hall–Kier alpha value is -1.54. The number of anilines is 1. The first-order valence-corrected chi connectivity index (χ1v) is 8.92. The van der Waals surface area contributed by atoms with Crippen LogP contribution in [0.5, 0.6) is 0 Å². The Morgan fingerprint density at radius 2 is 1.86 bits per heavy atom. The normalized spacial score (nSPS) is 11.7. The van der Waals surface area contributed by atoms with E-state index in [0.717, 1.165) is 11.3 Å². The molecule has 9 heteroatoms. The fraction of sp³-hybridized carbons (Fsp3) is 0. The third-order valence-electron chi connectivity index (χ3n) is 2.77. The zero-order chi connectivity index (χ0) is 15.9. The minimum absolute atomic E-state index is 0.0611. The first-order chi connectivity index (χ1) is 10.3. The van der Waals surface area contributed by atoms with Crippen molar-refractivity contribution in [1.82, 2.24) is 0 Å². The van der Waals surface area contributed by atoms with Gasteiger partial charge in [-0.1, -0.05) is 34.5 Å². The van der Waals surface area contributed by atoms with Gasteiger partial charge in [-0.15, -0.1) is 0 Å². The van der Waals surface area contributed by atoms with Crippen LogP contribution in [0.4, 0.5) is 5.69 Å². The second-order valence-corrected chi connectivity index (χ2v) is 7.77. The smallest absolute Gasteiger partial charge is 0.396 e. The van der Waals surface area contributed by atoms with Crippen molar-refractivity contribution in [2.24, 2.45) is 0 Å². The van der Waals surface area contributed by atoms with Crippen molar-refractivity contribution >= 4 is 60.5 Å². The van der Waals surface area contributed by atoms with Crippen LogP contribution in [0.15, 0.2) is 50.5 Å². The third-order valence-corrected chi connectivity index (χ3v) is 5.65. The summed E-state index contributed by atoms with van der Waals surface area (Å²) in [7, 11) is -3.90. The van der Waals surface area contributed by atoms with E-state index in [1.165, 1.54) is 36.4 Å². The molecule has 0 radical (unpaired) electrons. The molecular weight excluding hydrogens is 369 g/mol. The number of hydrogen-bond acceptors (Lipinski definition) is 5. The van der Waals surface area contributed by atoms with E-state index in [2.05, 4.69) is 4.72 Å². The van der Waals surface area contributed by atoms with Crippen molar-refractivity contribution in [3.05, 3.63) is 56.2 Å². The fourth-order valence-corrected chi connectivity index (χ4v) is 4.35. The predicted octanol–water partition coefficient (Wildman–Crippen LogP) is 3.96. The molecule has 1 heterocycles. The third kappa shape index (κ3) is 2.98. The molecule has 0 bridgehead atoms. The van der Waals surface area contributed by atoms with E-state index in [-0.39, 0.29) is 14.9 Å². The Labute approximate surface area is 139 Å². The number of nitrogens with one attached hydrogen (secondary N) is 1. The van der Waals surface area contributed by atoms with Gasteiger partial charge >= 0.3 is 4.94 Å². The number of rotatable bonds is 3. The molecule has 0 saturated heterocycles. The second kappa shape index (κ2) is 5.58. The van der Waals surface area contributed by atoms with Crippen LogP contribution in [0.1, 0.15) is 0 Å². The molecule has 0 saturated carbocycles. The maximum Gasteiger partial charge on any atom is 0.396 e. The summed E-state index contributed by atoms with van der Waals surface area (Å²) in [6, 6.07) is 8.70. The minimum Gasteiger partial charge on any atom is -0.414 e. The Bertz CT molecular complexity index is 1020. The van der Waals surface area contributed by atoms with E-state index in [0.29, 0.717) is 16.0 Å². The van der Waals surface area contributed by atoms with E-state index >= 15 is 0 Å².